The smallest absolute Gasteiger partial charge is 0.195 e. The van der Waals surface area contributed by atoms with E-state index in [1.165, 1.54) is 0 Å². The van der Waals surface area contributed by atoms with E-state index in [0.29, 0.717) is 0 Å². The van der Waals surface area contributed by atoms with E-state index < -0.39 is 42.7 Å². The van der Waals surface area contributed by atoms with Gasteiger partial charge in [-0.05, 0) is 5.92 Å². The third-order valence-corrected chi connectivity index (χ3v) is 3.89. The molecule has 0 aliphatic carbocycles. The molecular formula is C12H24O6. The molecule has 1 fully saturated rings. The fourth-order valence-corrected chi connectivity index (χ4v) is 2.21. The van der Waals surface area contributed by atoms with Crippen molar-refractivity contribution >= 4 is 0 Å². The zero-order chi connectivity index (χ0) is 14.1. The van der Waals surface area contributed by atoms with Gasteiger partial charge >= 0.3 is 0 Å². The molecule has 0 amide bonds. The summed E-state index contributed by atoms with van der Waals surface area (Å²) in [6, 6.07) is 0. The van der Waals surface area contributed by atoms with Gasteiger partial charge in [0.2, 0.25) is 0 Å². The van der Waals surface area contributed by atoms with Crippen molar-refractivity contribution in [3.63, 3.8) is 0 Å². The van der Waals surface area contributed by atoms with Gasteiger partial charge in [0.05, 0.1) is 12.7 Å². The molecule has 6 atom stereocenters. The first-order chi connectivity index (χ1) is 8.24. The van der Waals surface area contributed by atoms with E-state index in [9.17, 15) is 20.4 Å². The summed E-state index contributed by atoms with van der Waals surface area (Å²) in [6.45, 7) is 4.90. The van der Waals surface area contributed by atoms with E-state index in [-0.39, 0.29) is 12.3 Å². The van der Waals surface area contributed by atoms with Gasteiger partial charge in [-0.1, -0.05) is 20.8 Å². The lowest BCUT2D eigenvalue weighted by Crippen LogP contribution is -2.53. The van der Waals surface area contributed by atoms with Gasteiger partial charge in [0, 0.05) is 12.3 Å². The van der Waals surface area contributed by atoms with Crippen LogP contribution in [0.5, 0.6) is 0 Å². The Hall–Kier alpha value is -0.240. The van der Waals surface area contributed by atoms with Crippen LogP contribution in [0.1, 0.15) is 27.2 Å². The molecule has 5 N–H and O–H groups in total. The first-order valence-electron chi connectivity index (χ1n) is 6.29. The largest absolute Gasteiger partial charge is 0.394 e. The Bertz CT molecular complexity index is 271. The van der Waals surface area contributed by atoms with Crippen LogP contribution in [0.25, 0.3) is 0 Å². The molecule has 0 aromatic rings. The van der Waals surface area contributed by atoms with Crippen LogP contribution in [0, 0.1) is 11.8 Å². The molecule has 1 aliphatic rings. The number of ether oxygens (including phenoxy) is 1. The van der Waals surface area contributed by atoms with Crippen LogP contribution in [0.4, 0.5) is 0 Å². The van der Waals surface area contributed by atoms with Gasteiger partial charge in [0.1, 0.15) is 18.3 Å². The van der Waals surface area contributed by atoms with Crippen molar-refractivity contribution in [2.75, 3.05) is 6.61 Å². The van der Waals surface area contributed by atoms with Crippen molar-refractivity contribution < 1.29 is 30.3 Å². The predicted octanol–water partition coefficient (Wildman–Crippen LogP) is -1.17. The van der Waals surface area contributed by atoms with Gasteiger partial charge < -0.3 is 30.3 Å². The lowest BCUT2D eigenvalue weighted by Gasteiger charge is -2.40. The van der Waals surface area contributed by atoms with Crippen molar-refractivity contribution in [2.24, 2.45) is 11.8 Å². The summed E-state index contributed by atoms with van der Waals surface area (Å²) in [5.41, 5.74) is 0. The molecule has 0 saturated carbocycles. The Labute approximate surface area is 107 Å². The Morgan fingerprint density at radius 2 is 1.78 bits per heavy atom. The normalized spacial score (nSPS) is 43.8. The molecule has 1 heterocycles. The summed E-state index contributed by atoms with van der Waals surface area (Å²) in [6.07, 6.45) is -5.23. The van der Waals surface area contributed by atoms with Crippen LogP contribution in [0.2, 0.25) is 0 Å². The van der Waals surface area contributed by atoms with E-state index in [2.05, 4.69) is 0 Å². The molecule has 0 spiro atoms. The number of rotatable bonds is 3. The molecule has 6 nitrogen and oxygen atoms in total. The molecule has 1 rings (SSSR count). The zero-order valence-corrected chi connectivity index (χ0v) is 11.0. The summed E-state index contributed by atoms with van der Waals surface area (Å²) in [7, 11) is 0. The van der Waals surface area contributed by atoms with E-state index in [4.69, 9.17) is 9.84 Å². The first kappa shape index (κ1) is 15.8. The Morgan fingerprint density at radius 3 is 2.22 bits per heavy atom. The van der Waals surface area contributed by atoms with Crippen LogP contribution >= 0.6 is 0 Å². The Balaban J connectivity index is 3.02. The molecule has 0 aromatic heterocycles. The quantitative estimate of drug-likeness (QED) is 0.439. The SMILES string of the molecule is CC(C)C(C)C1(O)OC(CO)C(O)C(O)CC1O. The highest BCUT2D eigenvalue weighted by Gasteiger charge is 2.50. The maximum Gasteiger partial charge on any atom is 0.195 e. The zero-order valence-electron chi connectivity index (χ0n) is 11.0. The highest BCUT2D eigenvalue weighted by molar-refractivity contribution is 4.93. The van der Waals surface area contributed by atoms with Gasteiger partial charge in [0.25, 0.3) is 0 Å². The maximum atomic E-state index is 10.5. The van der Waals surface area contributed by atoms with Crippen molar-refractivity contribution in [1.29, 1.82) is 0 Å². The number of aliphatic hydroxyl groups excluding tert-OH is 4. The maximum absolute atomic E-state index is 10.5. The van der Waals surface area contributed by atoms with Crippen molar-refractivity contribution in [1.82, 2.24) is 0 Å². The molecule has 0 aromatic carbocycles. The third kappa shape index (κ3) is 2.84. The van der Waals surface area contributed by atoms with Crippen molar-refractivity contribution in [3.05, 3.63) is 0 Å². The van der Waals surface area contributed by atoms with Gasteiger partial charge in [0.15, 0.2) is 5.79 Å². The summed E-state index contributed by atoms with van der Waals surface area (Å²) >= 11 is 0. The second-order valence-electron chi connectivity index (χ2n) is 5.43. The minimum atomic E-state index is -1.89. The summed E-state index contributed by atoms with van der Waals surface area (Å²) in [5.74, 6) is -2.28. The van der Waals surface area contributed by atoms with Crippen LogP contribution in [0.15, 0.2) is 0 Å². The third-order valence-electron chi connectivity index (χ3n) is 3.89. The highest BCUT2D eigenvalue weighted by atomic mass is 16.7. The average molecular weight is 264 g/mol. The van der Waals surface area contributed by atoms with Crippen LogP contribution < -0.4 is 0 Å². The molecule has 6 unspecified atom stereocenters. The topological polar surface area (TPSA) is 110 Å². The van der Waals surface area contributed by atoms with Gasteiger partial charge in [-0.15, -0.1) is 0 Å². The molecular weight excluding hydrogens is 240 g/mol. The van der Waals surface area contributed by atoms with Gasteiger partial charge in [-0.25, -0.2) is 0 Å². The Morgan fingerprint density at radius 1 is 1.22 bits per heavy atom. The molecule has 108 valence electrons. The Kier molecular flexibility index (Phi) is 5.11. The second-order valence-corrected chi connectivity index (χ2v) is 5.43. The van der Waals surface area contributed by atoms with Crippen molar-refractivity contribution in [2.45, 2.75) is 57.4 Å². The molecule has 0 bridgehead atoms. The second kappa shape index (κ2) is 5.81. The number of hydrogen-bond acceptors (Lipinski definition) is 6. The van der Waals surface area contributed by atoms with Crippen LogP contribution in [-0.4, -0.2) is 62.3 Å². The fourth-order valence-electron chi connectivity index (χ4n) is 2.21. The average Bonchev–Trinajstić information content (AvgIpc) is 2.39. The standard InChI is InChI=1S/C12H24O6/c1-6(2)7(3)12(17)10(15)4-8(14)11(16)9(5-13)18-12/h6-11,13-17H,4-5H2,1-3H3. The van der Waals surface area contributed by atoms with Crippen molar-refractivity contribution in [3.8, 4) is 0 Å². The van der Waals surface area contributed by atoms with Gasteiger partial charge in [-0.3, -0.25) is 0 Å². The molecule has 1 saturated heterocycles. The summed E-state index contributed by atoms with van der Waals surface area (Å²) in [5, 5.41) is 49.0. The molecule has 0 radical (unpaired) electrons. The molecule has 6 heteroatoms. The summed E-state index contributed by atoms with van der Waals surface area (Å²) in [4.78, 5) is 0. The lowest BCUT2D eigenvalue weighted by molar-refractivity contribution is -0.311. The highest BCUT2D eigenvalue weighted by Crippen LogP contribution is 2.35. The lowest BCUT2D eigenvalue weighted by atomic mass is 9.84. The van der Waals surface area contributed by atoms with Crippen LogP contribution in [0.3, 0.4) is 0 Å². The number of aliphatic hydroxyl groups is 5. The van der Waals surface area contributed by atoms with Crippen LogP contribution in [-0.2, 0) is 4.74 Å². The van der Waals surface area contributed by atoms with E-state index in [1.807, 2.05) is 13.8 Å². The van der Waals surface area contributed by atoms with E-state index >= 15 is 0 Å². The summed E-state index contributed by atoms with van der Waals surface area (Å²) < 4.78 is 5.31. The van der Waals surface area contributed by atoms with E-state index in [1.54, 1.807) is 6.92 Å². The number of hydrogen-bond donors (Lipinski definition) is 5. The monoisotopic (exact) mass is 264 g/mol. The first-order valence-corrected chi connectivity index (χ1v) is 6.29. The minimum absolute atomic E-state index is 0.0244. The minimum Gasteiger partial charge on any atom is -0.394 e. The molecule has 18 heavy (non-hydrogen) atoms. The predicted molar refractivity (Wildman–Crippen MR) is 63.5 cm³/mol. The molecule has 1 aliphatic heterocycles. The fraction of sp³-hybridized carbons (Fsp3) is 1.00. The van der Waals surface area contributed by atoms with E-state index in [0.717, 1.165) is 0 Å². The van der Waals surface area contributed by atoms with Gasteiger partial charge in [-0.2, -0.15) is 0 Å².